The fourth-order valence-corrected chi connectivity index (χ4v) is 4.80. The Labute approximate surface area is 133 Å². The number of nitrogens with one attached hydrogen (secondary N) is 1. The summed E-state index contributed by atoms with van der Waals surface area (Å²) < 4.78 is 1.25. The lowest BCUT2D eigenvalue weighted by Crippen LogP contribution is -2.27. The van der Waals surface area contributed by atoms with Crippen molar-refractivity contribution < 1.29 is 0 Å². The lowest BCUT2D eigenvalue weighted by Gasteiger charge is -2.26. The van der Waals surface area contributed by atoms with Crippen LogP contribution in [0.5, 0.6) is 0 Å². The van der Waals surface area contributed by atoms with Crippen molar-refractivity contribution in [1.29, 1.82) is 0 Å². The second-order valence-corrected chi connectivity index (χ2v) is 7.05. The summed E-state index contributed by atoms with van der Waals surface area (Å²) in [6.45, 7) is 3.31. The van der Waals surface area contributed by atoms with E-state index in [9.17, 15) is 0 Å². The number of thiophene rings is 1. The van der Waals surface area contributed by atoms with Crippen molar-refractivity contribution in [1.82, 2.24) is 5.32 Å². The van der Waals surface area contributed by atoms with Crippen LogP contribution < -0.4 is 5.32 Å². The highest BCUT2D eigenvalue weighted by atomic mass is 79.9. The third kappa shape index (κ3) is 2.72. The first kappa shape index (κ1) is 14.3. The largest absolute Gasteiger partial charge is 0.309 e. The smallest absolute Gasteiger partial charge is 0.0409 e. The van der Waals surface area contributed by atoms with Gasteiger partial charge in [0.05, 0.1) is 0 Å². The van der Waals surface area contributed by atoms with Gasteiger partial charge < -0.3 is 5.32 Å². The van der Waals surface area contributed by atoms with E-state index in [1.54, 1.807) is 16.9 Å². The van der Waals surface area contributed by atoms with E-state index < -0.39 is 0 Å². The predicted molar refractivity (Wildman–Crippen MR) is 90.6 cm³/mol. The molecule has 1 aromatic heterocycles. The predicted octanol–water partition coefficient (Wildman–Crippen LogP) is 5.28. The van der Waals surface area contributed by atoms with Gasteiger partial charge >= 0.3 is 0 Å². The molecule has 0 spiro atoms. The number of aryl methyl sites for hydroxylation is 1. The summed E-state index contributed by atoms with van der Waals surface area (Å²) in [4.78, 5) is 0. The van der Waals surface area contributed by atoms with E-state index in [2.05, 4.69) is 63.2 Å². The normalized spacial score (nSPS) is 19.0. The molecule has 1 aromatic carbocycles. The molecule has 2 aromatic rings. The Kier molecular flexibility index (Phi) is 4.59. The van der Waals surface area contributed by atoms with Gasteiger partial charge in [0.1, 0.15) is 0 Å². The van der Waals surface area contributed by atoms with Crippen LogP contribution in [0.15, 0.2) is 39.5 Å². The summed E-state index contributed by atoms with van der Waals surface area (Å²) in [5, 5.41) is 8.25. The number of benzene rings is 1. The van der Waals surface area contributed by atoms with Crippen LogP contribution in [0, 0.1) is 0 Å². The van der Waals surface area contributed by atoms with Gasteiger partial charge in [-0.1, -0.05) is 31.2 Å². The van der Waals surface area contributed by atoms with Crippen molar-refractivity contribution in [2.75, 3.05) is 6.54 Å². The number of hydrogen-bond acceptors (Lipinski definition) is 2. The highest BCUT2D eigenvalue weighted by molar-refractivity contribution is 9.10. The number of halogens is 1. The molecule has 0 radical (unpaired) electrons. The molecule has 3 heteroatoms. The van der Waals surface area contributed by atoms with Crippen molar-refractivity contribution in [3.63, 3.8) is 0 Å². The highest BCUT2D eigenvalue weighted by Crippen LogP contribution is 2.44. The van der Waals surface area contributed by atoms with E-state index in [1.165, 1.54) is 34.9 Å². The number of rotatable bonds is 5. The van der Waals surface area contributed by atoms with Crippen LogP contribution in [-0.4, -0.2) is 6.54 Å². The lowest BCUT2D eigenvalue weighted by molar-refractivity contribution is 0.442. The maximum absolute atomic E-state index is 3.77. The Bertz CT molecular complexity index is 578. The topological polar surface area (TPSA) is 12.0 Å². The molecule has 1 heterocycles. The van der Waals surface area contributed by atoms with Gasteiger partial charge in [-0.3, -0.25) is 0 Å². The van der Waals surface area contributed by atoms with E-state index >= 15 is 0 Å². The van der Waals surface area contributed by atoms with Gasteiger partial charge in [0.2, 0.25) is 0 Å². The quantitative estimate of drug-likeness (QED) is 0.773. The highest BCUT2D eigenvalue weighted by Gasteiger charge is 2.31. The van der Waals surface area contributed by atoms with Crippen LogP contribution in [0.25, 0.3) is 0 Å². The summed E-state index contributed by atoms with van der Waals surface area (Å²) in [5.74, 6) is 0.601. The van der Waals surface area contributed by atoms with Crippen LogP contribution in [-0.2, 0) is 6.42 Å². The zero-order valence-corrected chi connectivity index (χ0v) is 14.1. The molecule has 106 valence electrons. The van der Waals surface area contributed by atoms with Crippen LogP contribution in [0.3, 0.4) is 0 Å². The molecule has 0 amide bonds. The van der Waals surface area contributed by atoms with E-state index in [-0.39, 0.29) is 0 Å². The SMILES string of the molecule is CCCNC(c1cscc1Br)C1CCc2ccccc21. The molecular weight excluding hydrogens is 330 g/mol. The van der Waals surface area contributed by atoms with Crippen LogP contribution >= 0.6 is 27.3 Å². The summed E-state index contributed by atoms with van der Waals surface area (Å²) in [6, 6.07) is 9.37. The van der Waals surface area contributed by atoms with Gasteiger partial charge in [0.25, 0.3) is 0 Å². The van der Waals surface area contributed by atoms with Gasteiger partial charge in [0, 0.05) is 21.8 Å². The molecule has 1 nitrogen and oxygen atoms in total. The molecule has 0 saturated heterocycles. The first-order valence-electron chi connectivity index (χ1n) is 7.34. The Hall–Kier alpha value is -0.640. The minimum Gasteiger partial charge on any atom is -0.309 e. The van der Waals surface area contributed by atoms with Crippen molar-refractivity contribution in [3.05, 3.63) is 56.2 Å². The molecule has 3 rings (SSSR count). The third-order valence-electron chi connectivity index (χ3n) is 4.17. The maximum atomic E-state index is 3.77. The summed E-state index contributed by atoms with van der Waals surface area (Å²) >= 11 is 5.50. The molecule has 1 N–H and O–H groups in total. The van der Waals surface area contributed by atoms with Gasteiger partial charge in [-0.2, -0.15) is 11.3 Å². The van der Waals surface area contributed by atoms with Gasteiger partial charge in [0.15, 0.2) is 0 Å². The summed E-state index contributed by atoms with van der Waals surface area (Å²) in [5.41, 5.74) is 4.50. The van der Waals surface area contributed by atoms with Crippen molar-refractivity contribution in [2.24, 2.45) is 0 Å². The minimum atomic E-state index is 0.430. The summed E-state index contributed by atoms with van der Waals surface area (Å²) in [6.07, 6.45) is 3.64. The number of fused-ring (bicyclic) bond motifs is 1. The standard InChI is InChI=1S/C17H20BrNS/c1-2-9-19-17(15-10-20-11-16(15)18)14-8-7-12-5-3-4-6-13(12)14/h3-6,10-11,14,17,19H,2,7-9H2,1H3. The molecule has 0 fully saturated rings. The molecule has 2 atom stereocenters. The molecule has 2 unspecified atom stereocenters. The minimum absolute atomic E-state index is 0.430. The van der Waals surface area contributed by atoms with Gasteiger partial charge in [-0.25, -0.2) is 0 Å². The third-order valence-corrected chi connectivity index (χ3v) is 5.92. The first-order chi connectivity index (χ1) is 9.81. The second-order valence-electron chi connectivity index (χ2n) is 5.45. The average molecular weight is 350 g/mol. The molecule has 0 bridgehead atoms. The molecule has 1 aliphatic rings. The van der Waals surface area contributed by atoms with Crippen molar-refractivity contribution >= 4 is 27.3 Å². The Morgan fingerprint density at radius 3 is 2.95 bits per heavy atom. The van der Waals surface area contributed by atoms with Gasteiger partial charge in [-0.05, 0) is 63.8 Å². The maximum Gasteiger partial charge on any atom is 0.0409 e. The molecular formula is C17H20BrNS. The fourth-order valence-electron chi connectivity index (χ4n) is 3.22. The Morgan fingerprint density at radius 1 is 1.35 bits per heavy atom. The van der Waals surface area contributed by atoms with Crippen LogP contribution in [0.1, 0.15) is 48.4 Å². The van der Waals surface area contributed by atoms with E-state index in [0.29, 0.717) is 12.0 Å². The summed E-state index contributed by atoms with van der Waals surface area (Å²) in [7, 11) is 0. The molecule has 20 heavy (non-hydrogen) atoms. The monoisotopic (exact) mass is 349 g/mol. The first-order valence-corrected chi connectivity index (χ1v) is 9.07. The number of hydrogen-bond donors (Lipinski definition) is 1. The molecule has 1 aliphatic carbocycles. The Morgan fingerprint density at radius 2 is 2.20 bits per heavy atom. The van der Waals surface area contributed by atoms with E-state index in [4.69, 9.17) is 0 Å². The lowest BCUT2D eigenvalue weighted by atomic mass is 9.89. The van der Waals surface area contributed by atoms with Gasteiger partial charge in [-0.15, -0.1) is 0 Å². The van der Waals surface area contributed by atoms with Crippen molar-refractivity contribution in [3.8, 4) is 0 Å². The van der Waals surface area contributed by atoms with Crippen molar-refractivity contribution in [2.45, 2.75) is 38.1 Å². The molecule has 0 aliphatic heterocycles. The van der Waals surface area contributed by atoms with E-state index in [1.807, 2.05) is 0 Å². The average Bonchev–Trinajstić information content (AvgIpc) is 3.07. The Balaban J connectivity index is 1.93. The van der Waals surface area contributed by atoms with Crippen LogP contribution in [0.2, 0.25) is 0 Å². The van der Waals surface area contributed by atoms with E-state index in [0.717, 1.165) is 6.54 Å². The second kappa shape index (κ2) is 6.42. The zero-order valence-electron chi connectivity index (χ0n) is 11.7. The fraction of sp³-hybridized carbons (Fsp3) is 0.412. The van der Waals surface area contributed by atoms with Crippen LogP contribution in [0.4, 0.5) is 0 Å². The molecule has 0 saturated carbocycles. The zero-order chi connectivity index (χ0) is 13.9.